The van der Waals surface area contributed by atoms with Crippen molar-refractivity contribution in [1.82, 2.24) is 15.5 Å². The topological polar surface area (TPSA) is 149 Å². The van der Waals surface area contributed by atoms with Crippen LogP contribution < -0.4 is 16.4 Å². The largest absolute Gasteiger partial charge is 0.480 e. The standard InChI is InChI=1S/C19H29N5O4.C3H8/c1-3-5-15(24(4-2)16(25)11-22-12-17(26)27)19(28)23-10-13-6-8-14(9-7-13)18(20)21;1-3-2/h6-9,15,22H,3-5,10-12H2,1-2H3,(H3,20,21)(H,23,28)(H,26,27);3H2,1-2H3. The van der Waals surface area contributed by atoms with E-state index in [9.17, 15) is 14.4 Å². The summed E-state index contributed by atoms with van der Waals surface area (Å²) in [5, 5.41) is 21.5. The molecule has 174 valence electrons. The Bertz CT molecular complexity index is 706. The third-order valence-electron chi connectivity index (χ3n) is 4.19. The van der Waals surface area contributed by atoms with Crippen LogP contribution in [-0.4, -0.2) is 59.3 Å². The van der Waals surface area contributed by atoms with Gasteiger partial charge in [-0.2, -0.15) is 0 Å². The van der Waals surface area contributed by atoms with Gasteiger partial charge in [0.1, 0.15) is 11.9 Å². The number of nitrogens with two attached hydrogens (primary N) is 1. The molecule has 9 heteroatoms. The average molecular weight is 436 g/mol. The zero-order chi connectivity index (χ0) is 23.8. The summed E-state index contributed by atoms with van der Waals surface area (Å²) in [5.74, 6) is -1.64. The fraction of sp³-hybridized carbons (Fsp3) is 0.545. The van der Waals surface area contributed by atoms with Crippen molar-refractivity contribution in [2.45, 2.75) is 59.5 Å². The lowest BCUT2D eigenvalue weighted by atomic mass is 10.1. The van der Waals surface area contributed by atoms with Gasteiger partial charge in [0.2, 0.25) is 11.8 Å². The van der Waals surface area contributed by atoms with Crippen molar-refractivity contribution in [3.8, 4) is 0 Å². The van der Waals surface area contributed by atoms with Gasteiger partial charge in [-0.3, -0.25) is 25.1 Å². The Hall–Kier alpha value is -2.94. The molecule has 1 unspecified atom stereocenters. The van der Waals surface area contributed by atoms with Crippen LogP contribution in [0, 0.1) is 5.41 Å². The van der Waals surface area contributed by atoms with Gasteiger partial charge in [0.05, 0.1) is 13.1 Å². The van der Waals surface area contributed by atoms with E-state index in [1.165, 1.54) is 11.3 Å². The molecule has 2 amide bonds. The number of carboxylic acid groups (broad SMARTS) is 1. The summed E-state index contributed by atoms with van der Waals surface area (Å²) < 4.78 is 0. The summed E-state index contributed by atoms with van der Waals surface area (Å²) in [7, 11) is 0. The maximum absolute atomic E-state index is 12.7. The van der Waals surface area contributed by atoms with E-state index in [1.807, 2.05) is 6.92 Å². The van der Waals surface area contributed by atoms with Crippen LogP contribution in [0.15, 0.2) is 24.3 Å². The molecule has 0 aliphatic rings. The molecule has 6 N–H and O–H groups in total. The monoisotopic (exact) mass is 435 g/mol. The molecule has 1 aromatic carbocycles. The van der Waals surface area contributed by atoms with Gasteiger partial charge in [-0.1, -0.05) is 57.9 Å². The molecule has 0 aliphatic heterocycles. The van der Waals surface area contributed by atoms with Gasteiger partial charge in [0.15, 0.2) is 0 Å². The Morgan fingerprint density at radius 3 is 2.13 bits per heavy atom. The number of benzene rings is 1. The van der Waals surface area contributed by atoms with E-state index < -0.39 is 12.0 Å². The number of likely N-dealkylation sites (N-methyl/N-ethyl adjacent to an activating group) is 1. The zero-order valence-corrected chi connectivity index (χ0v) is 19.0. The molecule has 0 saturated heterocycles. The van der Waals surface area contributed by atoms with Gasteiger partial charge >= 0.3 is 5.97 Å². The van der Waals surface area contributed by atoms with E-state index in [1.54, 1.807) is 31.2 Å². The van der Waals surface area contributed by atoms with E-state index in [2.05, 4.69) is 24.5 Å². The predicted molar refractivity (Wildman–Crippen MR) is 122 cm³/mol. The average Bonchev–Trinajstić information content (AvgIpc) is 2.72. The fourth-order valence-electron chi connectivity index (χ4n) is 2.76. The Kier molecular flexibility index (Phi) is 14.3. The molecule has 0 aromatic heterocycles. The van der Waals surface area contributed by atoms with Crippen molar-refractivity contribution >= 4 is 23.6 Å². The minimum Gasteiger partial charge on any atom is -0.480 e. The summed E-state index contributed by atoms with van der Waals surface area (Å²) in [4.78, 5) is 37.1. The Morgan fingerprint density at radius 1 is 1.10 bits per heavy atom. The zero-order valence-electron chi connectivity index (χ0n) is 19.0. The quantitative estimate of drug-likeness (QED) is 0.249. The van der Waals surface area contributed by atoms with Crippen molar-refractivity contribution in [2.24, 2.45) is 5.73 Å². The minimum absolute atomic E-state index is 0.0211. The summed E-state index contributed by atoms with van der Waals surface area (Å²) >= 11 is 0. The first-order valence-electron chi connectivity index (χ1n) is 10.6. The summed E-state index contributed by atoms with van der Waals surface area (Å²) in [6, 6.07) is 6.37. The molecule has 0 heterocycles. The van der Waals surface area contributed by atoms with Crippen LogP contribution >= 0.6 is 0 Å². The molecule has 1 rings (SSSR count). The maximum Gasteiger partial charge on any atom is 0.317 e. The van der Waals surface area contributed by atoms with Crippen LogP contribution in [0.5, 0.6) is 0 Å². The molecule has 1 atom stereocenters. The van der Waals surface area contributed by atoms with Gasteiger partial charge < -0.3 is 21.1 Å². The summed E-state index contributed by atoms with van der Waals surface area (Å²) in [5.41, 5.74) is 6.89. The highest BCUT2D eigenvalue weighted by Gasteiger charge is 2.27. The Labute approximate surface area is 184 Å². The molecule has 0 saturated carbocycles. The molecule has 0 spiro atoms. The molecular formula is C22H37N5O4. The first-order valence-corrected chi connectivity index (χ1v) is 10.6. The second kappa shape index (κ2) is 15.8. The van der Waals surface area contributed by atoms with Crippen LogP contribution in [0.1, 0.15) is 58.1 Å². The second-order valence-corrected chi connectivity index (χ2v) is 7.02. The molecule has 1 aromatic rings. The van der Waals surface area contributed by atoms with Gasteiger partial charge in [-0.05, 0) is 18.9 Å². The lowest BCUT2D eigenvalue weighted by molar-refractivity contribution is -0.140. The number of amidine groups is 1. The summed E-state index contributed by atoms with van der Waals surface area (Å²) in [6.07, 6.45) is 2.48. The number of carboxylic acids is 1. The summed E-state index contributed by atoms with van der Waals surface area (Å²) in [6.45, 7) is 8.15. The first kappa shape index (κ1) is 28.1. The predicted octanol–water partition coefficient (Wildman–Crippen LogP) is 1.69. The van der Waals surface area contributed by atoms with E-state index in [0.29, 0.717) is 25.1 Å². The third kappa shape index (κ3) is 11.1. The molecule has 0 fully saturated rings. The number of nitrogen functional groups attached to an aromatic ring is 1. The van der Waals surface area contributed by atoms with Crippen molar-refractivity contribution in [1.29, 1.82) is 5.41 Å². The number of carbonyl (C=O) groups excluding carboxylic acids is 2. The Morgan fingerprint density at radius 2 is 1.68 bits per heavy atom. The van der Waals surface area contributed by atoms with Crippen molar-refractivity contribution < 1.29 is 19.5 Å². The highest BCUT2D eigenvalue weighted by atomic mass is 16.4. The molecule has 0 aliphatic carbocycles. The number of nitrogens with one attached hydrogen (secondary N) is 3. The molecule has 0 bridgehead atoms. The molecular weight excluding hydrogens is 398 g/mol. The van der Waals surface area contributed by atoms with E-state index in [4.69, 9.17) is 16.2 Å². The number of nitrogens with zero attached hydrogens (tertiary/aromatic N) is 1. The van der Waals surface area contributed by atoms with Gasteiger partial charge in [0, 0.05) is 18.7 Å². The van der Waals surface area contributed by atoms with Gasteiger partial charge in [-0.15, -0.1) is 0 Å². The van der Waals surface area contributed by atoms with Crippen LogP contribution in [0.3, 0.4) is 0 Å². The number of carbonyl (C=O) groups is 3. The van der Waals surface area contributed by atoms with Gasteiger partial charge in [0.25, 0.3) is 0 Å². The minimum atomic E-state index is -1.05. The van der Waals surface area contributed by atoms with E-state index >= 15 is 0 Å². The lowest BCUT2D eigenvalue weighted by Gasteiger charge is -2.30. The van der Waals surface area contributed by atoms with Crippen molar-refractivity contribution in [3.05, 3.63) is 35.4 Å². The van der Waals surface area contributed by atoms with Crippen LogP contribution in [-0.2, 0) is 20.9 Å². The second-order valence-electron chi connectivity index (χ2n) is 7.02. The normalized spacial score (nSPS) is 11.0. The third-order valence-corrected chi connectivity index (χ3v) is 4.19. The lowest BCUT2D eigenvalue weighted by Crippen LogP contribution is -2.51. The van der Waals surface area contributed by atoms with Crippen molar-refractivity contribution in [2.75, 3.05) is 19.6 Å². The fourth-order valence-corrected chi connectivity index (χ4v) is 2.76. The van der Waals surface area contributed by atoms with Crippen molar-refractivity contribution in [3.63, 3.8) is 0 Å². The first-order chi connectivity index (χ1) is 14.7. The number of amides is 2. The van der Waals surface area contributed by atoms with E-state index in [-0.39, 0.29) is 30.7 Å². The smallest absolute Gasteiger partial charge is 0.317 e. The molecule has 0 radical (unpaired) electrons. The molecule has 9 nitrogen and oxygen atoms in total. The van der Waals surface area contributed by atoms with Crippen LogP contribution in [0.25, 0.3) is 0 Å². The maximum atomic E-state index is 12.7. The SMILES string of the molecule is CCC.CCCC(C(=O)NCc1ccc(C(=N)N)cc1)N(CC)C(=O)CNCC(=O)O. The molecule has 31 heavy (non-hydrogen) atoms. The van der Waals surface area contributed by atoms with Crippen LogP contribution in [0.4, 0.5) is 0 Å². The van der Waals surface area contributed by atoms with E-state index in [0.717, 1.165) is 12.0 Å². The Balaban J connectivity index is 0.00000282. The number of aliphatic carboxylic acids is 1. The number of hydrogen-bond acceptors (Lipinski definition) is 5. The number of rotatable bonds is 12. The highest BCUT2D eigenvalue weighted by molar-refractivity contribution is 5.94. The number of hydrogen-bond donors (Lipinski definition) is 5. The van der Waals surface area contributed by atoms with Crippen LogP contribution in [0.2, 0.25) is 0 Å². The highest BCUT2D eigenvalue weighted by Crippen LogP contribution is 2.09. The van der Waals surface area contributed by atoms with Gasteiger partial charge in [-0.25, -0.2) is 0 Å².